The Morgan fingerprint density at radius 2 is 2.22 bits per heavy atom. The van der Waals surface area contributed by atoms with Gasteiger partial charge in [0.05, 0.1) is 16.1 Å². The molecule has 1 aromatic carbocycles. The average molecular weight is 270 g/mol. The molecule has 0 aromatic heterocycles. The van der Waals surface area contributed by atoms with E-state index in [0.717, 1.165) is 12.1 Å². The standard InChI is InChI=1S/C12H15FN2O2S/c1-3-12(2,11(14)18)15-10(17)8-5-4-7(13)6-9(8)16/h4-6,16H,3H2,1-2H3,(H2,14,18)(H,15,17). The minimum absolute atomic E-state index is 0.0210. The minimum Gasteiger partial charge on any atom is -0.507 e. The van der Waals surface area contributed by atoms with Gasteiger partial charge in [-0.1, -0.05) is 19.1 Å². The highest BCUT2D eigenvalue weighted by atomic mass is 32.1. The molecule has 0 saturated heterocycles. The lowest BCUT2D eigenvalue weighted by molar-refractivity contribution is 0.0924. The third-order valence-electron chi connectivity index (χ3n) is 2.84. The largest absolute Gasteiger partial charge is 0.507 e. The van der Waals surface area contributed by atoms with Crippen LogP contribution in [0.5, 0.6) is 5.75 Å². The number of thiocarbonyl (C=S) groups is 1. The van der Waals surface area contributed by atoms with Crippen molar-refractivity contribution < 1.29 is 14.3 Å². The summed E-state index contributed by atoms with van der Waals surface area (Å²) in [4.78, 5) is 12.1. The van der Waals surface area contributed by atoms with Gasteiger partial charge in [0.2, 0.25) is 0 Å². The van der Waals surface area contributed by atoms with Crippen molar-refractivity contribution in [2.75, 3.05) is 0 Å². The number of amides is 1. The second-order valence-electron chi connectivity index (χ2n) is 4.17. The number of hydrogen-bond donors (Lipinski definition) is 3. The first-order valence-electron chi connectivity index (χ1n) is 5.41. The number of carbonyl (C=O) groups is 1. The van der Waals surface area contributed by atoms with Crippen LogP contribution < -0.4 is 11.1 Å². The number of nitrogens with one attached hydrogen (secondary N) is 1. The average Bonchev–Trinajstić information content (AvgIpc) is 2.28. The number of phenolic OH excluding ortho intramolecular Hbond substituents is 1. The Bertz CT molecular complexity index is 493. The first-order valence-corrected chi connectivity index (χ1v) is 5.82. The van der Waals surface area contributed by atoms with E-state index in [-0.39, 0.29) is 10.6 Å². The lowest BCUT2D eigenvalue weighted by atomic mass is 9.98. The van der Waals surface area contributed by atoms with Crippen molar-refractivity contribution >= 4 is 23.1 Å². The van der Waals surface area contributed by atoms with Crippen molar-refractivity contribution in [3.05, 3.63) is 29.6 Å². The fourth-order valence-corrected chi connectivity index (χ4v) is 1.53. The number of rotatable bonds is 4. The van der Waals surface area contributed by atoms with Gasteiger partial charge in [-0.15, -0.1) is 0 Å². The van der Waals surface area contributed by atoms with Crippen molar-refractivity contribution in [2.24, 2.45) is 5.73 Å². The molecule has 0 fully saturated rings. The summed E-state index contributed by atoms with van der Waals surface area (Å²) in [5.41, 5.74) is 4.70. The fourth-order valence-electron chi connectivity index (χ4n) is 1.34. The number of hydrogen-bond acceptors (Lipinski definition) is 3. The van der Waals surface area contributed by atoms with E-state index in [0.29, 0.717) is 6.42 Å². The number of phenols is 1. The van der Waals surface area contributed by atoms with Crippen molar-refractivity contribution in [1.82, 2.24) is 5.32 Å². The zero-order chi connectivity index (χ0) is 13.9. The Morgan fingerprint density at radius 3 is 2.67 bits per heavy atom. The van der Waals surface area contributed by atoms with Crippen LogP contribution in [0.2, 0.25) is 0 Å². The smallest absolute Gasteiger partial charge is 0.255 e. The van der Waals surface area contributed by atoms with E-state index >= 15 is 0 Å². The lowest BCUT2D eigenvalue weighted by Crippen LogP contribution is -2.54. The quantitative estimate of drug-likeness (QED) is 0.728. The Labute approximate surface area is 110 Å². The Morgan fingerprint density at radius 1 is 1.61 bits per heavy atom. The van der Waals surface area contributed by atoms with E-state index in [9.17, 15) is 14.3 Å². The molecule has 6 heteroatoms. The molecule has 0 aliphatic heterocycles. The summed E-state index contributed by atoms with van der Waals surface area (Å²) in [6, 6.07) is 3.17. The summed E-state index contributed by atoms with van der Waals surface area (Å²) in [6.45, 7) is 3.51. The second kappa shape index (κ2) is 5.30. The summed E-state index contributed by atoms with van der Waals surface area (Å²) in [5, 5.41) is 12.1. The van der Waals surface area contributed by atoms with Gasteiger partial charge < -0.3 is 16.2 Å². The first-order chi connectivity index (χ1) is 8.30. The van der Waals surface area contributed by atoms with Crippen molar-refractivity contribution in [3.8, 4) is 5.75 Å². The predicted molar refractivity (Wildman–Crippen MR) is 71.0 cm³/mol. The minimum atomic E-state index is -0.840. The number of halogens is 1. The van der Waals surface area contributed by atoms with Crippen LogP contribution in [-0.2, 0) is 0 Å². The molecule has 0 bridgehead atoms. The van der Waals surface area contributed by atoms with Crippen LogP contribution in [0.1, 0.15) is 30.6 Å². The molecule has 1 unspecified atom stereocenters. The van der Waals surface area contributed by atoms with E-state index in [4.69, 9.17) is 18.0 Å². The van der Waals surface area contributed by atoms with Crippen LogP contribution in [0.15, 0.2) is 18.2 Å². The molecular formula is C12H15FN2O2S. The molecule has 18 heavy (non-hydrogen) atoms. The molecule has 0 heterocycles. The molecular weight excluding hydrogens is 255 g/mol. The monoisotopic (exact) mass is 270 g/mol. The molecule has 0 spiro atoms. The lowest BCUT2D eigenvalue weighted by Gasteiger charge is -2.28. The van der Waals surface area contributed by atoms with E-state index in [2.05, 4.69) is 5.32 Å². The molecule has 0 aliphatic carbocycles. The van der Waals surface area contributed by atoms with Crippen LogP contribution in [0, 0.1) is 5.82 Å². The number of aromatic hydroxyl groups is 1. The zero-order valence-electron chi connectivity index (χ0n) is 10.2. The highest BCUT2D eigenvalue weighted by Crippen LogP contribution is 2.19. The number of benzene rings is 1. The first kappa shape index (κ1) is 14.4. The molecule has 1 atom stereocenters. The van der Waals surface area contributed by atoms with Crippen molar-refractivity contribution in [3.63, 3.8) is 0 Å². The van der Waals surface area contributed by atoms with E-state index < -0.39 is 23.0 Å². The molecule has 1 rings (SSSR count). The number of nitrogens with two attached hydrogens (primary N) is 1. The maximum atomic E-state index is 12.8. The SMILES string of the molecule is CCC(C)(NC(=O)c1ccc(F)cc1O)C(N)=S. The van der Waals surface area contributed by atoms with Gasteiger partial charge in [0.25, 0.3) is 5.91 Å². The molecule has 4 N–H and O–H groups in total. The third kappa shape index (κ3) is 2.95. The van der Waals surface area contributed by atoms with Crippen LogP contribution >= 0.6 is 12.2 Å². The van der Waals surface area contributed by atoms with Gasteiger partial charge in [0.1, 0.15) is 11.6 Å². The summed E-state index contributed by atoms with van der Waals surface area (Å²) >= 11 is 4.89. The highest BCUT2D eigenvalue weighted by molar-refractivity contribution is 7.80. The predicted octanol–water partition coefficient (Wildman–Crippen LogP) is 1.72. The van der Waals surface area contributed by atoms with Crippen LogP contribution in [0.4, 0.5) is 4.39 Å². The van der Waals surface area contributed by atoms with E-state index in [1.807, 2.05) is 6.92 Å². The van der Waals surface area contributed by atoms with Gasteiger partial charge in [-0.3, -0.25) is 4.79 Å². The molecule has 0 aliphatic rings. The molecule has 98 valence electrons. The summed E-state index contributed by atoms with van der Waals surface area (Å²) in [6.07, 6.45) is 0.510. The van der Waals surface area contributed by atoms with Crippen LogP contribution in [-0.4, -0.2) is 21.5 Å². The zero-order valence-corrected chi connectivity index (χ0v) is 11.0. The van der Waals surface area contributed by atoms with E-state index in [1.165, 1.54) is 6.07 Å². The maximum Gasteiger partial charge on any atom is 0.255 e. The van der Waals surface area contributed by atoms with Crippen LogP contribution in [0.3, 0.4) is 0 Å². The highest BCUT2D eigenvalue weighted by Gasteiger charge is 2.28. The normalized spacial score (nSPS) is 13.7. The summed E-state index contributed by atoms with van der Waals surface area (Å²) < 4.78 is 12.8. The Hall–Kier alpha value is -1.69. The molecule has 4 nitrogen and oxygen atoms in total. The van der Waals surface area contributed by atoms with Gasteiger partial charge >= 0.3 is 0 Å². The third-order valence-corrected chi connectivity index (χ3v) is 3.30. The van der Waals surface area contributed by atoms with Crippen molar-refractivity contribution in [1.29, 1.82) is 0 Å². The Kier molecular flexibility index (Phi) is 4.24. The van der Waals surface area contributed by atoms with E-state index in [1.54, 1.807) is 6.92 Å². The number of carbonyl (C=O) groups excluding carboxylic acids is 1. The topological polar surface area (TPSA) is 75.3 Å². The van der Waals surface area contributed by atoms with Crippen molar-refractivity contribution in [2.45, 2.75) is 25.8 Å². The maximum absolute atomic E-state index is 12.8. The van der Waals surface area contributed by atoms with Gasteiger partial charge in [-0.25, -0.2) is 4.39 Å². The summed E-state index contributed by atoms with van der Waals surface area (Å²) in [7, 11) is 0. The second-order valence-corrected chi connectivity index (χ2v) is 4.61. The molecule has 1 aromatic rings. The van der Waals surface area contributed by atoms with Gasteiger partial charge in [0.15, 0.2) is 0 Å². The molecule has 0 radical (unpaired) electrons. The molecule has 0 saturated carbocycles. The van der Waals surface area contributed by atoms with Crippen LogP contribution in [0.25, 0.3) is 0 Å². The Balaban J connectivity index is 2.98. The van der Waals surface area contributed by atoms with Gasteiger partial charge in [-0.2, -0.15) is 0 Å². The van der Waals surface area contributed by atoms with Gasteiger partial charge in [0, 0.05) is 6.07 Å². The fraction of sp³-hybridized carbons (Fsp3) is 0.333. The molecule has 1 amide bonds. The summed E-state index contributed by atoms with van der Waals surface area (Å²) in [5.74, 6) is -1.59. The van der Waals surface area contributed by atoms with Gasteiger partial charge in [-0.05, 0) is 25.5 Å².